The van der Waals surface area contributed by atoms with E-state index in [1.165, 1.54) is 6.20 Å². The SMILES string of the molecule is O=c1[nH]cc([C@@H]2O[C@H]([CH2][Mo])[C@@H](O)[C@H]2O)c(=O)[nH]1. The molecule has 4 N–H and O–H groups in total. The number of nitrogens with one attached hydrogen (secondary N) is 2. The second kappa shape index (κ2) is 4.86. The first-order chi connectivity index (χ1) is 8.04. The third kappa shape index (κ3) is 2.28. The van der Waals surface area contributed by atoms with Crippen molar-refractivity contribution in [2.45, 2.75) is 29.2 Å². The van der Waals surface area contributed by atoms with E-state index in [1.807, 2.05) is 4.98 Å². The zero-order valence-corrected chi connectivity index (χ0v) is 10.6. The number of ether oxygens (including phenoxy) is 1. The zero-order valence-electron chi connectivity index (χ0n) is 8.62. The van der Waals surface area contributed by atoms with E-state index in [2.05, 4.69) is 4.98 Å². The fraction of sp³-hybridized carbons (Fsp3) is 0.556. The van der Waals surface area contributed by atoms with E-state index in [-0.39, 0.29) is 5.56 Å². The molecule has 2 heterocycles. The molecule has 1 saturated heterocycles. The molecule has 0 aliphatic carbocycles. The summed E-state index contributed by atoms with van der Waals surface area (Å²) in [7, 11) is 0. The Hall–Kier alpha value is -0.752. The van der Waals surface area contributed by atoms with Crippen LogP contribution in [0.3, 0.4) is 0 Å². The summed E-state index contributed by atoms with van der Waals surface area (Å²) in [6.45, 7) is 0. The molecule has 1 aliphatic heterocycles. The maximum atomic E-state index is 11.5. The monoisotopic (exact) mass is 325 g/mol. The third-order valence-corrected chi connectivity index (χ3v) is 3.49. The van der Waals surface area contributed by atoms with Crippen LogP contribution in [0.2, 0.25) is 4.81 Å². The normalized spacial score (nSPS) is 32.8. The molecule has 0 amide bonds. The van der Waals surface area contributed by atoms with Crippen molar-refractivity contribution in [2.24, 2.45) is 0 Å². The molecule has 1 aromatic heterocycles. The Balaban J connectivity index is 2.35. The van der Waals surface area contributed by atoms with Crippen molar-refractivity contribution < 1.29 is 34.8 Å². The van der Waals surface area contributed by atoms with Crippen molar-refractivity contribution >= 4 is 0 Å². The van der Waals surface area contributed by atoms with E-state index >= 15 is 0 Å². The van der Waals surface area contributed by atoms with Crippen LogP contribution in [0, 0.1) is 0 Å². The molecule has 17 heavy (non-hydrogen) atoms. The Labute approximate surface area is 107 Å². The van der Waals surface area contributed by atoms with Crippen molar-refractivity contribution in [3.05, 3.63) is 32.6 Å². The van der Waals surface area contributed by atoms with Crippen LogP contribution in [-0.4, -0.2) is 38.5 Å². The molecule has 1 fully saturated rings. The Morgan fingerprint density at radius 2 is 2.06 bits per heavy atom. The molecule has 0 spiro atoms. The number of hydrogen-bond donors (Lipinski definition) is 4. The molecule has 93 valence electrons. The van der Waals surface area contributed by atoms with Crippen LogP contribution < -0.4 is 11.2 Å². The molecule has 0 radical (unpaired) electrons. The summed E-state index contributed by atoms with van der Waals surface area (Å²) in [6, 6.07) is 0. The number of H-pyrrole nitrogens is 2. The van der Waals surface area contributed by atoms with Crippen LogP contribution in [0.15, 0.2) is 15.8 Å². The summed E-state index contributed by atoms with van der Waals surface area (Å²) in [5.74, 6) is 0. The van der Waals surface area contributed by atoms with Gasteiger partial charge in [0.15, 0.2) is 0 Å². The summed E-state index contributed by atoms with van der Waals surface area (Å²) < 4.78 is 5.40. The molecule has 0 bridgehead atoms. The van der Waals surface area contributed by atoms with Gasteiger partial charge < -0.3 is 0 Å². The molecule has 0 aromatic carbocycles. The number of hydrogen-bond acceptors (Lipinski definition) is 5. The van der Waals surface area contributed by atoms with Gasteiger partial charge in [-0.2, -0.15) is 0 Å². The molecule has 1 aromatic rings. The standard InChI is InChI=1S/C9H11N2O5.Mo/c1-3-5(12)6(13)7(16-3)4-2-10-9(15)11-8(4)14;/h2-3,5-7,12-13H,1H2,(H2,10,11,14,15);/t3-,5-,6-,7+;/m1./s1. The number of rotatable bonds is 2. The van der Waals surface area contributed by atoms with Gasteiger partial charge in [0.1, 0.15) is 0 Å². The summed E-state index contributed by atoms with van der Waals surface area (Å²) in [4.78, 5) is 27.3. The second-order valence-corrected chi connectivity index (χ2v) is 4.59. The van der Waals surface area contributed by atoms with Crippen LogP contribution in [0.25, 0.3) is 0 Å². The van der Waals surface area contributed by atoms with E-state index in [1.54, 1.807) is 19.8 Å². The van der Waals surface area contributed by atoms with Gasteiger partial charge in [-0.15, -0.1) is 0 Å². The van der Waals surface area contributed by atoms with E-state index in [4.69, 9.17) is 4.74 Å². The minimum atomic E-state index is -1.17. The summed E-state index contributed by atoms with van der Waals surface area (Å²) >= 11 is 1.73. The van der Waals surface area contributed by atoms with Crippen molar-refractivity contribution in [2.75, 3.05) is 0 Å². The molecule has 2 rings (SSSR count). The summed E-state index contributed by atoms with van der Waals surface area (Å²) in [5, 5.41) is 19.5. The van der Waals surface area contributed by atoms with Crippen LogP contribution in [0.5, 0.6) is 0 Å². The van der Waals surface area contributed by atoms with Gasteiger partial charge in [-0.1, -0.05) is 0 Å². The first kappa shape index (κ1) is 12.7. The molecule has 4 atom stereocenters. The van der Waals surface area contributed by atoms with E-state index in [0.29, 0.717) is 4.81 Å². The fourth-order valence-corrected chi connectivity index (χ4v) is 2.45. The van der Waals surface area contributed by atoms with Crippen molar-refractivity contribution in [1.82, 2.24) is 9.97 Å². The van der Waals surface area contributed by atoms with Gasteiger partial charge in [0.25, 0.3) is 0 Å². The Kier molecular flexibility index (Phi) is 3.63. The van der Waals surface area contributed by atoms with Crippen molar-refractivity contribution in [3.8, 4) is 0 Å². The van der Waals surface area contributed by atoms with Crippen LogP contribution >= 0.6 is 0 Å². The summed E-state index contributed by atoms with van der Waals surface area (Å²) in [5.41, 5.74) is -1.14. The van der Waals surface area contributed by atoms with Gasteiger partial charge in [0.2, 0.25) is 0 Å². The second-order valence-electron chi connectivity index (χ2n) is 3.77. The predicted octanol–water partition coefficient (Wildman–Crippen LogP) is -1.81. The number of aromatic nitrogens is 2. The first-order valence-electron chi connectivity index (χ1n) is 4.96. The number of aliphatic hydroxyl groups is 2. The molecular formula is C9H11MoN2O5. The van der Waals surface area contributed by atoms with E-state index in [0.717, 1.165) is 0 Å². The van der Waals surface area contributed by atoms with Crippen molar-refractivity contribution in [3.63, 3.8) is 0 Å². The predicted molar refractivity (Wildman–Crippen MR) is 52.1 cm³/mol. The van der Waals surface area contributed by atoms with Gasteiger partial charge in [0.05, 0.1) is 0 Å². The van der Waals surface area contributed by atoms with Crippen LogP contribution in [0.1, 0.15) is 11.7 Å². The average molecular weight is 323 g/mol. The molecule has 7 nitrogen and oxygen atoms in total. The minimum absolute atomic E-state index is 0.105. The van der Waals surface area contributed by atoms with Crippen LogP contribution in [-0.2, 0) is 24.6 Å². The van der Waals surface area contributed by atoms with Crippen LogP contribution in [0.4, 0.5) is 0 Å². The molecule has 1 aliphatic rings. The first-order valence-corrected chi connectivity index (χ1v) is 6.38. The number of aromatic amines is 2. The van der Waals surface area contributed by atoms with Gasteiger partial charge >= 0.3 is 107 Å². The summed E-state index contributed by atoms with van der Waals surface area (Å²) in [6.07, 6.45) is -2.43. The zero-order chi connectivity index (χ0) is 12.6. The number of aliphatic hydroxyl groups excluding tert-OH is 2. The van der Waals surface area contributed by atoms with Gasteiger partial charge in [-0.25, -0.2) is 0 Å². The van der Waals surface area contributed by atoms with E-state index in [9.17, 15) is 19.8 Å². The van der Waals surface area contributed by atoms with Gasteiger partial charge in [-0.05, 0) is 0 Å². The van der Waals surface area contributed by atoms with E-state index < -0.39 is 35.7 Å². The van der Waals surface area contributed by atoms with Crippen molar-refractivity contribution in [1.29, 1.82) is 0 Å². The molecular weight excluding hydrogens is 312 g/mol. The Bertz CT molecular complexity index is 513. The topological polar surface area (TPSA) is 115 Å². The Morgan fingerprint density at radius 1 is 1.35 bits per heavy atom. The third-order valence-electron chi connectivity index (χ3n) is 2.68. The maximum absolute atomic E-state index is 11.5. The molecule has 8 heteroatoms. The van der Waals surface area contributed by atoms with Gasteiger partial charge in [0, 0.05) is 0 Å². The molecule has 0 saturated carbocycles. The quantitative estimate of drug-likeness (QED) is 0.479. The Morgan fingerprint density at radius 3 is 2.59 bits per heavy atom. The molecule has 0 unspecified atom stereocenters. The average Bonchev–Trinajstić information content (AvgIpc) is 2.57. The van der Waals surface area contributed by atoms with Gasteiger partial charge in [-0.3, -0.25) is 0 Å². The fourth-order valence-electron chi connectivity index (χ4n) is 1.78.